The number of carboxylic acids is 1. The summed E-state index contributed by atoms with van der Waals surface area (Å²) in [5.74, 6) is -0.319. The Morgan fingerprint density at radius 3 is 2.14 bits per heavy atom. The van der Waals surface area contributed by atoms with Gasteiger partial charge in [-0.1, -0.05) is 26.7 Å². The number of hydrogen-bond acceptors (Lipinski definition) is 2. The highest BCUT2D eigenvalue weighted by Gasteiger charge is 2.56. The number of carbonyl (C=O) groups is 1. The van der Waals surface area contributed by atoms with E-state index < -0.39 is 12.1 Å². The molecule has 0 aliphatic heterocycles. The Balaban J connectivity index is 2.76. The van der Waals surface area contributed by atoms with Gasteiger partial charge in [-0.05, 0) is 18.8 Å². The maximum Gasteiger partial charge on any atom is 0.333 e. The van der Waals surface area contributed by atoms with Crippen LogP contribution in [0.15, 0.2) is 0 Å². The molecule has 0 radical (unpaired) electrons. The Morgan fingerprint density at radius 1 is 1.43 bits per heavy atom. The lowest BCUT2D eigenvalue weighted by molar-refractivity contribution is -0.155. The summed E-state index contributed by atoms with van der Waals surface area (Å²) in [6, 6.07) is 0. The van der Waals surface area contributed by atoms with Gasteiger partial charge in [-0.2, -0.15) is 0 Å². The van der Waals surface area contributed by atoms with Crippen LogP contribution in [0.1, 0.15) is 39.5 Å². The summed E-state index contributed by atoms with van der Waals surface area (Å²) in [6.07, 6.45) is 3.49. The molecule has 1 rings (SSSR count). The number of methoxy groups -OCH3 is 1. The number of ether oxygens (including phenoxy) is 1. The summed E-state index contributed by atoms with van der Waals surface area (Å²) in [5.41, 5.74) is -0.0654. The third-order valence-corrected chi connectivity index (χ3v) is 3.61. The fourth-order valence-corrected chi connectivity index (χ4v) is 2.71. The van der Waals surface area contributed by atoms with E-state index >= 15 is 0 Å². The van der Waals surface area contributed by atoms with E-state index in [1.165, 1.54) is 7.11 Å². The average Bonchev–Trinajstić information content (AvgIpc) is 2.89. The molecule has 1 aliphatic carbocycles. The topological polar surface area (TPSA) is 46.5 Å². The zero-order valence-corrected chi connectivity index (χ0v) is 9.25. The summed E-state index contributed by atoms with van der Waals surface area (Å²) in [6.45, 7) is 4.26. The van der Waals surface area contributed by atoms with Crippen molar-refractivity contribution in [3.8, 4) is 0 Å². The van der Waals surface area contributed by atoms with Crippen LogP contribution in [-0.2, 0) is 9.53 Å². The summed E-state index contributed by atoms with van der Waals surface area (Å²) in [7, 11) is 1.50. The van der Waals surface area contributed by atoms with Crippen molar-refractivity contribution in [1.82, 2.24) is 0 Å². The van der Waals surface area contributed by atoms with E-state index in [0.717, 1.165) is 25.7 Å². The lowest BCUT2D eigenvalue weighted by Crippen LogP contribution is -2.37. The van der Waals surface area contributed by atoms with Gasteiger partial charge in [-0.15, -0.1) is 0 Å². The molecule has 0 saturated heterocycles. The molecule has 1 atom stereocenters. The van der Waals surface area contributed by atoms with Gasteiger partial charge in [0, 0.05) is 12.5 Å². The molecule has 0 aromatic heterocycles. The molecule has 1 fully saturated rings. The third kappa shape index (κ3) is 1.78. The number of hydrogen-bond donors (Lipinski definition) is 1. The maximum atomic E-state index is 11.0. The van der Waals surface area contributed by atoms with Crippen LogP contribution in [-0.4, -0.2) is 24.3 Å². The Hall–Kier alpha value is -0.570. The minimum Gasteiger partial charge on any atom is -0.479 e. The molecule has 1 aliphatic rings. The van der Waals surface area contributed by atoms with Crippen molar-refractivity contribution in [3.63, 3.8) is 0 Å². The average molecular weight is 200 g/mol. The van der Waals surface area contributed by atoms with Gasteiger partial charge >= 0.3 is 5.97 Å². The number of rotatable bonds is 6. The van der Waals surface area contributed by atoms with Crippen molar-refractivity contribution in [2.45, 2.75) is 45.6 Å². The van der Waals surface area contributed by atoms with Crippen LogP contribution in [0.3, 0.4) is 0 Å². The predicted octanol–water partition coefficient (Wildman–Crippen LogP) is 2.30. The van der Waals surface area contributed by atoms with Crippen molar-refractivity contribution < 1.29 is 14.6 Å². The van der Waals surface area contributed by atoms with Crippen LogP contribution < -0.4 is 0 Å². The molecule has 0 amide bonds. The van der Waals surface area contributed by atoms with Crippen molar-refractivity contribution in [1.29, 1.82) is 0 Å². The smallest absolute Gasteiger partial charge is 0.333 e. The highest BCUT2D eigenvalue weighted by Crippen LogP contribution is 2.57. The largest absolute Gasteiger partial charge is 0.479 e. The lowest BCUT2D eigenvalue weighted by atomic mass is 9.80. The van der Waals surface area contributed by atoms with Gasteiger partial charge in [0.25, 0.3) is 0 Å². The zero-order chi connectivity index (χ0) is 10.8. The van der Waals surface area contributed by atoms with Gasteiger partial charge in [0.05, 0.1) is 0 Å². The highest BCUT2D eigenvalue weighted by atomic mass is 16.5. The second kappa shape index (κ2) is 4.30. The molecule has 3 nitrogen and oxygen atoms in total. The monoisotopic (exact) mass is 200 g/mol. The van der Waals surface area contributed by atoms with Crippen LogP contribution in [0, 0.1) is 11.3 Å². The Labute approximate surface area is 85.5 Å². The van der Waals surface area contributed by atoms with Crippen molar-refractivity contribution in [2.75, 3.05) is 7.11 Å². The van der Waals surface area contributed by atoms with E-state index in [0.29, 0.717) is 5.92 Å². The first-order valence-corrected chi connectivity index (χ1v) is 5.38. The van der Waals surface area contributed by atoms with E-state index in [1.807, 2.05) is 0 Å². The molecule has 0 aromatic rings. The number of carboxylic acid groups (broad SMARTS) is 1. The number of aliphatic carboxylic acids is 1. The van der Waals surface area contributed by atoms with Gasteiger partial charge in [-0.25, -0.2) is 4.79 Å². The summed E-state index contributed by atoms with van der Waals surface area (Å²) < 4.78 is 5.12. The molecule has 0 bridgehead atoms. The fraction of sp³-hybridized carbons (Fsp3) is 0.909. The maximum absolute atomic E-state index is 11.0. The Morgan fingerprint density at radius 2 is 1.93 bits per heavy atom. The van der Waals surface area contributed by atoms with Gasteiger partial charge in [-0.3, -0.25) is 0 Å². The molecule has 1 N–H and O–H groups in total. The molecule has 3 heteroatoms. The molecule has 1 saturated carbocycles. The normalized spacial score (nSPS) is 20.9. The minimum atomic E-state index is -0.808. The molecule has 1 unspecified atom stereocenters. The highest BCUT2D eigenvalue weighted by molar-refractivity contribution is 5.74. The third-order valence-electron chi connectivity index (χ3n) is 3.61. The van der Waals surface area contributed by atoms with Crippen LogP contribution in [0.25, 0.3) is 0 Å². The summed E-state index contributed by atoms with van der Waals surface area (Å²) in [4.78, 5) is 11.0. The van der Waals surface area contributed by atoms with Crippen LogP contribution >= 0.6 is 0 Å². The van der Waals surface area contributed by atoms with Gasteiger partial charge < -0.3 is 9.84 Å². The van der Waals surface area contributed by atoms with Gasteiger partial charge in [0.15, 0.2) is 6.10 Å². The Bertz CT molecular complexity index is 205. The van der Waals surface area contributed by atoms with Crippen molar-refractivity contribution >= 4 is 5.97 Å². The first-order chi connectivity index (χ1) is 6.62. The quantitative estimate of drug-likeness (QED) is 0.715. The van der Waals surface area contributed by atoms with Gasteiger partial charge in [0.1, 0.15) is 0 Å². The van der Waals surface area contributed by atoms with E-state index in [4.69, 9.17) is 9.84 Å². The van der Waals surface area contributed by atoms with Crippen LogP contribution in [0.4, 0.5) is 0 Å². The molecular formula is C11H20O3. The predicted molar refractivity (Wildman–Crippen MR) is 54.2 cm³/mol. The fourth-order valence-electron chi connectivity index (χ4n) is 2.71. The van der Waals surface area contributed by atoms with Gasteiger partial charge in [0.2, 0.25) is 0 Å². The lowest BCUT2D eigenvalue weighted by Gasteiger charge is -2.29. The molecule has 0 spiro atoms. The van der Waals surface area contributed by atoms with E-state index in [2.05, 4.69) is 13.8 Å². The molecule has 14 heavy (non-hydrogen) atoms. The minimum absolute atomic E-state index is 0.0654. The zero-order valence-electron chi connectivity index (χ0n) is 9.25. The SMILES string of the molecule is CCC(CC)C1(C(OC)C(=O)O)CC1. The molecule has 0 aromatic carbocycles. The van der Waals surface area contributed by atoms with E-state index in [1.54, 1.807) is 0 Å². The first kappa shape index (κ1) is 11.5. The summed E-state index contributed by atoms with van der Waals surface area (Å²) in [5, 5.41) is 9.06. The standard InChI is InChI=1S/C11H20O3/c1-4-8(5-2)11(6-7-11)9(14-3)10(12)13/h8-9H,4-7H2,1-3H3,(H,12,13). The summed E-state index contributed by atoms with van der Waals surface area (Å²) >= 11 is 0. The Kier molecular flexibility index (Phi) is 3.53. The molecular weight excluding hydrogens is 180 g/mol. The van der Waals surface area contributed by atoms with Crippen molar-refractivity contribution in [2.24, 2.45) is 11.3 Å². The molecule has 0 heterocycles. The van der Waals surface area contributed by atoms with Crippen LogP contribution in [0.5, 0.6) is 0 Å². The first-order valence-electron chi connectivity index (χ1n) is 5.38. The second-order valence-electron chi connectivity index (χ2n) is 4.20. The van der Waals surface area contributed by atoms with E-state index in [9.17, 15) is 4.79 Å². The van der Waals surface area contributed by atoms with Crippen LogP contribution in [0.2, 0.25) is 0 Å². The second-order valence-corrected chi connectivity index (χ2v) is 4.20. The molecule has 82 valence electrons. The van der Waals surface area contributed by atoms with E-state index in [-0.39, 0.29) is 5.41 Å². The van der Waals surface area contributed by atoms with Crippen molar-refractivity contribution in [3.05, 3.63) is 0 Å².